The Hall–Kier alpha value is -2.31. The second-order valence-electron chi connectivity index (χ2n) is 7.07. The quantitative estimate of drug-likeness (QED) is 0.845. The summed E-state index contributed by atoms with van der Waals surface area (Å²) >= 11 is 0. The first-order valence-corrected chi connectivity index (χ1v) is 9.21. The highest BCUT2D eigenvalue weighted by Crippen LogP contribution is 2.31. The van der Waals surface area contributed by atoms with Gasteiger partial charge in [0.15, 0.2) is 0 Å². The zero-order valence-corrected chi connectivity index (χ0v) is 14.9. The predicted octanol–water partition coefficient (Wildman–Crippen LogP) is 1.98. The molecule has 1 spiro atoms. The number of likely N-dealkylation sites (tertiary alicyclic amines) is 1. The highest BCUT2D eigenvalue weighted by molar-refractivity contribution is 5.92. The minimum Gasteiger partial charge on any atom is -0.372 e. The van der Waals surface area contributed by atoms with Crippen LogP contribution in [0.3, 0.4) is 0 Å². The number of morpholine rings is 1. The van der Waals surface area contributed by atoms with Crippen molar-refractivity contribution in [3.05, 3.63) is 60.2 Å². The fourth-order valence-corrected chi connectivity index (χ4v) is 3.85. The monoisotopic (exact) mass is 352 g/mol. The van der Waals surface area contributed by atoms with Crippen LogP contribution in [-0.4, -0.2) is 64.1 Å². The van der Waals surface area contributed by atoms with E-state index in [0.29, 0.717) is 18.8 Å². The molecule has 0 aromatic carbocycles. The third-order valence-corrected chi connectivity index (χ3v) is 5.29. The minimum absolute atomic E-state index is 0.0154. The van der Waals surface area contributed by atoms with Crippen LogP contribution in [0.25, 0.3) is 0 Å². The van der Waals surface area contributed by atoms with E-state index in [1.165, 1.54) is 0 Å². The molecule has 0 unspecified atom stereocenters. The fraction of sp³-hybridized carbons (Fsp3) is 0.450. The first-order chi connectivity index (χ1) is 12.7. The smallest absolute Gasteiger partial charge is 0.272 e. The maximum absolute atomic E-state index is 12.6. The zero-order valence-electron chi connectivity index (χ0n) is 14.9. The highest BCUT2D eigenvalue weighted by atomic mass is 16.5. The normalized spacial score (nSPS) is 20.2. The molecule has 2 aromatic heterocycles. The lowest BCUT2D eigenvalue weighted by Crippen LogP contribution is -2.57. The van der Waals surface area contributed by atoms with E-state index < -0.39 is 0 Å². The standard InChI is InChI=1S/C20H24N4O2/c25-19(18-6-2-4-10-22-18)24-11-7-20(8-12-24)16-23(13-14-26-20)15-17-5-1-3-9-21-17/h1-6,9-10H,7-8,11-16H2. The molecule has 0 atom stereocenters. The summed E-state index contributed by atoms with van der Waals surface area (Å²) in [7, 11) is 0. The summed E-state index contributed by atoms with van der Waals surface area (Å²) in [5, 5.41) is 0. The Bertz CT molecular complexity index is 730. The number of aromatic nitrogens is 2. The van der Waals surface area contributed by atoms with Crippen molar-refractivity contribution in [2.24, 2.45) is 0 Å². The molecule has 4 rings (SSSR count). The van der Waals surface area contributed by atoms with Crippen molar-refractivity contribution < 1.29 is 9.53 Å². The number of hydrogen-bond donors (Lipinski definition) is 0. The Balaban J connectivity index is 1.36. The van der Waals surface area contributed by atoms with Crippen LogP contribution >= 0.6 is 0 Å². The fourth-order valence-electron chi connectivity index (χ4n) is 3.85. The number of hydrogen-bond acceptors (Lipinski definition) is 5. The van der Waals surface area contributed by atoms with Crippen molar-refractivity contribution in [2.75, 3.05) is 32.8 Å². The molecule has 136 valence electrons. The van der Waals surface area contributed by atoms with E-state index in [4.69, 9.17) is 4.74 Å². The molecular weight excluding hydrogens is 328 g/mol. The van der Waals surface area contributed by atoms with Crippen LogP contribution in [-0.2, 0) is 11.3 Å². The molecule has 4 heterocycles. The summed E-state index contributed by atoms with van der Waals surface area (Å²) in [6, 6.07) is 11.5. The molecule has 26 heavy (non-hydrogen) atoms. The second kappa shape index (κ2) is 7.51. The Morgan fingerprint density at radius 2 is 1.81 bits per heavy atom. The van der Waals surface area contributed by atoms with Gasteiger partial charge in [-0.1, -0.05) is 12.1 Å². The number of amides is 1. The van der Waals surface area contributed by atoms with Crippen LogP contribution in [0.1, 0.15) is 29.0 Å². The van der Waals surface area contributed by atoms with E-state index in [-0.39, 0.29) is 11.5 Å². The number of carbonyl (C=O) groups excluding carboxylic acids is 1. The van der Waals surface area contributed by atoms with Gasteiger partial charge in [-0.15, -0.1) is 0 Å². The summed E-state index contributed by atoms with van der Waals surface area (Å²) < 4.78 is 6.19. The second-order valence-corrected chi connectivity index (χ2v) is 7.07. The average Bonchev–Trinajstić information content (AvgIpc) is 2.70. The van der Waals surface area contributed by atoms with Crippen LogP contribution in [0.2, 0.25) is 0 Å². The number of pyridine rings is 2. The van der Waals surface area contributed by atoms with Crippen LogP contribution in [0.15, 0.2) is 48.8 Å². The van der Waals surface area contributed by atoms with Crippen molar-refractivity contribution in [3.63, 3.8) is 0 Å². The highest BCUT2D eigenvalue weighted by Gasteiger charge is 2.40. The van der Waals surface area contributed by atoms with Gasteiger partial charge in [-0.3, -0.25) is 19.7 Å². The summed E-state index contributed by atoms with van der Waals surface area (Å²) in [5.74, 6) is 0.0154. The van der Waals surface area contributed by atoms with E-state index in [2.05, 4.69) is 20.9 Å². The molecule has 2 aromatic rings. The summed E-state index contributed by atoms with van der Waals surface area (Å²) in [5.41, 5.74) is 1.46. The molecule has 0 aliphatic carbocycles. The molecule has 0 bridgehead atoms. The van der Waals surface area contributed by atoms with E-state index >= 15 is 0 Å². The first-order valence-electron chi connectivity index (χ1n) is 9.21. The van der Waals surface area contributed by atoms with E-state index in [0.717, 1.165) is 44.8 Å². The Kier molecular flexibility index (Phi) is 4.95. The van der Waals surface area contributed by atoms with Crippen LogP contribution in [0.5, 0.6) is 0 Å². The van der Waals surface area contributed by atoms with Gasteiger partial charge in [0.25, 0.3) is 5.91 Å². The number of carbonyl (C=O) groups is 1. The van der Waals surface area contributed by atoms with Gasteiger partial charge in [0.1, 0.15) is 5.69 Å². The van der Waals surface area contributed by atoms with E-state index in [1.807, 2.05) is 35.4 Å². The molecule has 6 heteroatoms. The molecule has 1 amide bonds. The molecule has 2 aliphatic rings. The minimum atomic E-state index is -0.145. The number of rotatable bonds is 3. The maximum Gasteiger partial charge on any atom is 0.272 e. The summed E-state index contributed by atoms with van der Waals surface area (Å²) in [4.78, 5) is 25.5. The Labute approximate surface area is 153 Å². The molecule has 6 nitrogen and oxygen atoms in total. The topological polar surface area (TPSA) is 58.6 Å². The van der Waals surface area contributed by atoms with Crippen molar-refractivity contribution in [3.8, 4) is 0 Å². The molecule has 0 radical (unpaired) electrons. The molecule has 2 saturated heterocycles. The molecule has 2 aliphatic heterocycles. The molecule has 0 saturated carbocycles. The predicted molar refractivity (Wildman–Crippen MR) is 97.6 cm³/mol. The number of piperidine rings is 1. The van der Waals surface area contributed by atoms with Crippen LogP contribution in [0, 0.1) is 0 Å². The summed E-state index contributed by atoms with van der Waals surface area (Å²) in [6.07, 6.45) is 5.24. The van der Waals surface area contributed by atoms with Crippen molar-refractivity contribution in [1.82, 2.24) is 19.8 Å². The van der Waals surface area contributed by atoms with E-state index in [9.17, 15) is 4.79 Å². The zero-order chi connectivity index (χ0) is 17.8. The Morgan fingerprint density at radius 3 is 2.50 bits per heavy atom. The van der Waals surface area contributed by atoms with Crippen LogP contribution in [0.4, 0.5) is 0 Å². The lowest BCUT2D eigenvalue weighted by Gasteiger charge is -2.47. The van der Waals surface area contributed by atoms with Gasteiger partial charge in [0.05, 0.1) is 17.9 Å². The third kappa shape index (κ3) is 3.76. The van der Waals surface area contributed by atoms with Crippen molar-refractivity contribution >= 4 is 5.91 Å². The third-order valence-electron chi connectivity index (χ3n) is 5.29. The van der Waals surface area contributed by atoms with Crippen LogP contribution < -0.4 is 0 Å². The average molecular weight is 352 g/mol. The van der Waals surface area contributed by atoms with E-state index in [1.54, 1.807) is 12.3 Å². The van der Waals surface area contributed by atoms with Gasteiger partial charge < -0.3 is 9.64 Å². The van der Waals surface area contributed by atoms with Gasteiger partial charge in [-0.2, -0.15) is 0 Å². The number of nitrogens with zero attached hydrogens (tertiary/aromatic N) is 4. The molecule has 2 fully saturated rings. The van der Waals surface area contributed by atoms with Crippen molar-refractivity contribution in [1.29, 1.82) is 0 Å². The molecular formula is C20H24N4O2. The van der Waals surface area contributed by atoms with Crippen molar-refractivity contribution in [2.45, 2.75) is 25.0 Å². The Morgan fingerprint density at radius 1 is 1.04 bits per heavy atom. The summed E-state index contributed by atoms with van der Waals surface area (Å²) in [6.45, 7) is 4.84. The van der Waals surface area contributed by atoms with Gasteiger partial charge in [0.2, 0.25) is 0 Å². The lowest BCUT2D eigenvalue weighted by molar-refractivity contribution is -0.134. The van der Waals surface area contributed by atoms with Gasteiger partial charge in [-0.25, -0.2) is 0 Å². The van der Waals surface area contributed by atoms with Gasteiger partial charge in [0, 0.05) is 45.1 Å². The SMILES string of the molecule is O=C(c1ccccn1)N1CCC2(CC1)CN(Cc1ccccn1)CCO2. The largest absolute Gasteiger partial charge is 0.372 e. The first kappa shape index (κ1) is 17.1. The maximum atomic E-state index is 12.6. The lowest BCUT2D eigenvalue weighted by atomic mass is 9.89. The van der Waals surface area contributed by atoms with Gasteiger partial charge in [-0.05, 0) is 37.1 Å². The number of ether oxygens (including phenoxy) is 1. The molecule has 0 N–H and O–H groups in total. The van der Waals surface area contributed by atoms with Gasteiger partial charge >= 0.3 is 0 Å².